The van der Waals surface area contributed by atoms with Gasteiger partial charge in [-0.3, -0.25) is 0 Å². The van der Waals surface area contributed by atoms with Crippen LogP contribution >= 0.6 is 35.4 Å². The molecule has 0 radical (unpaired) electrons. The van der Waals surface area contributed by atoms with Crippen molar-refractivity contribution in [2.75, 3.05) is 5.32 Å². The Kier molecular flexibility index (Phi) is 5.60. The standard InChI is InChI=1S/C16H13Cl2N5O3S2/c1-23-14-11(5-8(17)6-12(14)18)13(15(23)24)21-22-16(27)20-9-3-2-4-10(7-9)28(19,25)26/h2-7,24H,1H3,(H,20,27)(H2,19,25,26). The number of aromatic nitrogens is 1. The molecule has 8 nitrogen and oxygen atoms in total. The Morgan fingerprint density at radius 3 is 2.68 bits per heavy atom. The van der Waals surface area contributed by atoms with Gasteiger partial charge in [-0.1, -0.05) is 29.3 Å². The lowest BCUT2D eigenvalue weighted by atomic mass is 10.2. The molecular formula is C16H13Cl2N5O3S2. The van der Waals surface area contributed by atoms with E-state index in [1.54, 1.807) is 25.2 Å². The quantitative estimate of drug-likeness (QED) is 0.399. The van der Waals surface area contributed by atoms with Crippen LogP contribution in [-0.2, 0) is 17.1 Å². The molecule has 1 heterocycles. The van der Waals surface area contributed by atoms with Gasteiger partial charge in [0, 0.05) is 23.1 Å². The van der Waals surface area contributed by atoms with Crippen LogP contribution in [0.1, 0.15) is 0 Å². The van der Waals surface area contributed by atoms with Crippen molar-refractivity contribution < 1.29 is 13.5 Å². The fourth-order valence-corrected chi connectivity index (χ4v) is 3.90. The lowest BCUT2D eigenvalue weighted by Gasteiger charge is -2.05. The highest BCUT2D eigenvalue weighted by Gasteiger charge is 2.18. The number of aromatic hydroxyl groups is 1. The van der Waals surface area contributed by atoms with Gasteiger partial charge in [0.2, 0.25) is 21.0 Å². The summed E-state index contributed by atoms with van der Waals surface area (Å²) in [7, 11) is -2.23. The minimum Gasteiger partial charge on any atom is -0.493 e. The number of benzene rings is 2. The number of hydrogen-bond donors (Lipinski definition) is 3. The number of fused-ring (bicyclic) bond motifs is 1. The molecule has 146 valence electrons. The van der Waals surface area contributed by atoms with Crippen molar-refractivity contribution in [2.45, 2.75) is 4.90 Å². The number of azo groups is 1. The van der Waals surface area contributed by atoms with E-state index in [1.165, 1.54) is 22.8 Å². The van der Waals surface area contributed by atoms with Crippen LogP contribution in [0.15, 0.2) is 51.5 Å². The van der Waals surface area contributed by atoms with Gasteiger partial charge in [-0.25, -0.2) is 13.6 Å². The monoisotopic (exact) mass is 457 g/mol. The number of aryl methyl sites for hydroxylation is 1. The molecule has 0 saturated heterocycles. The number of rotatable bonds is 3. The molecule has 1 aromatic heterocycles. The summed E-state index contributed by atoms with van der Waals surface area (Å²) < 4.78 is 24.3. The van der Waals surface area contributed by atoms with E-state index in [-0.39, 0.29) is 21.6 Å². The van der Waals surface area contributed by atoms with Crippen molar-refractivity contribution in [1.82, 2.24) is 4.57 Å². The summed E-state index contributed by atoms with van der Waals surface area (Å²) in [6, 6.07) is 8.91. The van der Waals surface area contributed by atoms with Crippen molar-refractivity contribution in [3.8, 4) is 5.88 Å². The van der Waals surface area contributed by atoms with E-state index in [1.807, 2.05) is 0 Å². The SMILES string of the molecule is Cn1c(O)c(N=NC(=S)Nc2cccc(S(N)(=O)=O)c2)c2cc(Cl)cc(Cl)c21. The highest BCUT2D eigenvalue weighted by Crippen LogP contribution is 2.42. The summed E-state index contributed by atoms with van der Waals surface area (Å²) in [5.41, 5.74) is 1.05. The van der Waals surface area contributed by atoms with E-state index < -0.39 is 10.0 Å². The maximum Gasteiger partial charge on any atom is 0.238 e. The van der Waals surface area contributed by atoms with E-state index >= 15 is 0 Å². The van der Waals surface area contributed by atoms with Crippen molar-refractivity contribution in [3.05, 3.63) is 46.4 Å². The van der Waals surface area contributed by atoms with Crippen LogP contribution in [-0.4, -0.2) is 23.2 Å². The molecule has 0 fully saturated rings. The largest absolute Gasteiger partial charge is 0.493 e. The van der Waals surface area contributed by atoms with E-state index in [0.717, 1.165) is 0 Å². The maximum atomic E-state index is 11.4. The summed E-state index contributed by atoms with van der Waals surface area (Å²) in [5.74, 6) is -0.165. The van der Waals surface area contributed by atoms with E-state index in [0.29, 0.717) is 26.6 Å². The number of nitrogens with two attached hydrogens (primary N) is 1. The zero-order chi connectivity index (χ0) is 20.6. The van der Waals surface area contributed by atoms with E-state index in [4.69, 9.17) is 40.6 Å². The smallest absolute Gasteiger partial charge is 0.238 e. The molecule has 0 saturated carbocycles. The number of halogens is 2. The Bertz CT molecular complexity index is 1240. The molecule has 28 heavy (non-hydrogen) atoms. The number of primary sulfonamides is 1. The number of nitrogens with zero attached hydrogens (tertiary/aromatic N) is 3. The predicted octanol–water partition coefficient (Wildman–Crippen LogP) is 4.32. The molecule has 0 aliphatic carbocycles. The second-order valence-electron chi connectivity index (χ2n) is 5.72. The maximum absolute atomic E-state index is 11.4. The van der Waals surface area contributed by atoms with Crippen LogP contribution in [0.2, 0.25) is 10.0 Å². The zero-order valence-electron chi connectivity index (χ0n) is 14.2. The first kappa shape index (κ1) is 20.5. The third-order valence-electron chi connectivity index (χ3n) is 3.80. The van der Waals surface area contributed by atoms with Crippen molar-refractivity contribution in [3.63, 3.8) is 0 Å². The van der Waals surface area contributed by atoms with E-state index in [9.17, 15) is 13.5 Å². The second kappa shape index (κ2) is 7.64. The summed E-state index contributed by atoms with van der Waals surface area (Å²) >= 11 is 17.3. The van der Waals surface area contributed by atoms with Gasteiger partial charge in [0.05, 0.1) is 15.4 Å². The highest BCUT2D eigenvalue weighted by atomic mass is 35.5. The summed E-state index contributed by atoms with van der Waals surface area (Å²) in [6.07, 6.45) is 0. The van der Waals surface area contributed by atoms with Gasteiger partial charge >= 0.3 is 0 Å². The van der Waals surface area contributed by atoms with Crippen molar-refractivity contribution in [2.24, 2.45) is 22.4 Å². The van der Waals surface area contributed by atoms with Crippen LogP contribution in [0, 0.1) is 0 Å². The van der Waals surface area contributed by atoms with Gasteiger partial charge < -0.3 is 15.0 Å². The summed E-state index contributed by atoms with van der Waals surface area (Å²) in [4.78, 5) is -0.0757. The molecule has 0 spiro atoms. The molecule has 3 aromatic rings. The number of hydrogen-bond acceptors (Lipinski definition) is 5. The van der Waals surface area contributed by atoms with Gasteiger partial charge in [0.25, 0.3) is 0 Å². The van der Waals surface area contributed by atoms with Gasteiger partial charge in [-0.2, -0.15) is 0 Å². The zero-order valence-corrected chi connectivity index (χ0v) is 17.4. The van der Waals surface area contributed by atoms with Crippen molar-refractivity contribution in [1.29, 1.82) is 0 Å². The average molecular weight is 458 g/mol. The van der Waals surface area contributed by atoms with Gasteiger partial charge in [0.15, 0.2) is 5.69 Å². The minimum atomic E-state index is -3.85. The average Bonchev–Trinajstić information content (AvgIpc) is 2.83. The van der Waals surface area contributed by atoms with Crippen LogP contribution in [0.4, 0.5) is 11.4 Å². The normalized spacial score (nSPS) is 12.0. The molecule has 0 aliphatic heterocycles. The highest BCUT2D eigenvalue weighted by molar-refractivity contribution is 7.89. The minimum absolute atomic E-state index is 0.0592. The lowest BCUT2D eigenvalue weighted by Crippen LogP contribution is -2.13. The van der Waals surface area contributed by atoms with Crippen LogP contribution in [0.5, 0.6) is 5.88 Å². The Morgan fingerprint density at radius 1 is 1.29 bits per heavy atom. The predicted molar refractivity (Wildman–Crippen MR) is 113 cm³/mol. The van der Waals surface area contributed by atoms with E-state index in [2.05, 4.69) is 15.5 Å². The van der Waals surface area contributed by atoms with Gasteiger partial charge in [-0.15, -0.1) is 10.2 Å². The van der Waals surface area contributed by atoms with Gasteiger partial charge in [-0.05, 0) is 42.5 Å². The van der Waals surface area contributed by atoms with Crippen molar-refractivity contribution >= 4 is 72.8 Å². The fourth-order valence-electron chi connectivity index (χ4n) is 2.57. The van der Waals surface area contributed by atoms with Crippen LogP contribution < -0.4 is 10.5 Å². The molecule has 0 amide bonds. The lowest BCUT2D eigenvalue weighted by molar-refractivity contribution is 0.436. The number of sulfonamides is 1. The number of anilines is 1. The molecule has 12 heteroatoms. The molecule has 0 unspecified atom stereocenters. The molecule has 0 aliphatic rings. The number of nitrogens with one attached hydrogen (secondary N) is 1. The first-order valence-electron chi connectivity index (χ1n) is 7.60. The molecule has 2 aromatic carbocycles. The fraction of sp³-hybridized carbons (Fsp3) is 0.0625. The molecule has 0 bridgehead atoms. The first-order chi connectivity index (χ1) is 13.1. The Morgan fingerprint density at radius 2 is 2.00 bits per heavy atom. The second-order valence-corrected chi connectivity index (χ2v) is 8.51. The third-order valence-corrected chi connectivity index (χ3v) is 5.40. The first-order valence-corrected chi connectivity index (χ1v) is 10.3. The summed E-state index contributed by atoms with van der Waals surface area (Å²) in [5, 5.41) is 27.2. The molecule has 4 N–H and O–H groups in total. The van der Waals surface area contributed by atoms with Gasteiger partial charge in [0.1, 0.15) is 0 Å². The Balaban J connectivity index is 1.91. The molecule has 3 rings (SSSR count). The van der Waals surface area contributed by atoms with Crippen LogP contribution in [0.3, 0.4) is 0 Å². The Labute approximate surface area is 175 Å². The Hall–Kier alpha value is -2.24. The molecular weight excluding hydrogens is 445 g/mol. The summed E-state index contributed by atoms with van der Waals surface area (Å²) in [6.45, 7) is 0. The molecule has 0 atom stereocenters. The number of thiocarbonyl (C=S) groups is 1. The van der Waals surface area contributed by atoms with Crippen LogP contribution in [0.25, 0.3) is 10.9 Å². The topological polar surface area (TPSA) is 122 Å². The third kappa shape index (κ3) is 4.10.